The van der Waals surface area contributed by atoms with Gasteiger partial charge in [0.2, 0.25) is 10.0 Å². The van der Waals surface area contributed by atoms with Crippen LogP contribution < -0.4 is 10.5 Å². The third-order valence-electron chi connectivity index (χ3n) is 3.27. The highest BCUT2D eigenvalue weighted by atomic mass is 32.2. The molecule has 0 saturated carbocycles. The fourth-order valence-corrected chi connectivity index (χ4v) is 3.65. The smallest absolute Gasteiger partial charge is 0.244 e. The van der Waals surface area contributed by atoms with Crippen molar-refractivity contribution in [2.45, 2.75) is 52.1 Å². The molecule has 0 fully saturated rings. The number of aromatic nitrogens is 2. The minimum absolute atomic E-state index is 0.123. The summed E-state index contributed by atoms with van der Waals surface area (Å²) in [4.78, 5) is 0.272. The van der Waals surface area contributed by atoms with Crippen LogP contribution >= 0.6 is 0 Å². The lowest BCUT2D eigenvalue weighted by molar-refractivity contribution is 0.476. The summed E-state index contributed by atoms with van der Waals surface area (Å²) in [6.45, 7) is 10.2. The van der Waals surface area contributed by atoms with E-state index in [1.165, 1.54) is 0 Å². The van der Waals surface area contributed by atoms with E-state index in [-0.39, 0.29) is 16.9 Å². The topological polar surface area (TPSA) is 90.0 Å². The van der Waals surface area contributed by atoms with E-state index in [2.05, 4.69) is 9.82 Å². The first kappa shape index (κ1) is 16.1. The number of hydrogen-bond donors (Lipinski definition) is 2. The third kappa shape index (κ3) is 3.55. The number of rotatable bonds is 6. The molecule has 0 radical (unpaired) electrons. The Labute approximate surface area is 115 Å². The minimum atomic E-state index is -3.54. The fraction of sp³-hybridized carbons (Fsp3) is 0.750. The van der Waals surface area contributed by atoms with Gasteiger partial charge in [-0.05, 0) is 26.7 Å². The van der Waals surface area contributed by atoms with Crippen molar-refractivity contribution in [2.75, 3.05) is 6.54 Å². The van der Waals surface area contributed by atoms with Gasteiger partial charge in [0.05, 0.1) is 17.9 Å². The van der Waals surface area contributed by atoms with Gasteiger partial charge >= 0.3 is 0 Å². The standard InChI is InChI=1S/C12H24N4O2S/c1-8(2)9(3)15-19(17,18)12-10(4)14-16(7-6-13)11(12)5/h8-9,15H,6-7,13H2,1-5H3. The molecule has 0 aliphatic rings. The summed E-state index contributed by atoms with van der Waals surface area (Å²) in [6.07, 6.45) is 0. The normalized spacial score (nSPS) is 14.1. The third-order valence-corrected chi connectivity index (χ3v) is 5.08. The van der Waals surface area contributed by atoms with Crippen molar-refractivity contribution in [1.82, 2.24) is 14.5 Å². The Morgan fingerprint density at radius 2 is 1.89 bits per heavy atom. The Morgan fingerprint density at radius 1 is 1.32 bits per heavy atom. The number of sulfonamides is 1. The Balaban J connectivity index is 3.15. The van der Waals surface area contributed by atoms with E-state index < -0.39 is 10.0 Å². The van der Waals surface area contributed by atoms with Crippen LogP contribution in [0, 0.1) is 19.8 Å². The summed E-state index contributed by atoms with van der Waals surface area (Å²) in [5.74, 6) is 0.231. The van der Waals surface area contributed by atoms with Gasteiger partial charge < -0.3 is 5.73 Å². The SMILES string of the molecule is Cc1nn(CCN)c(C)c1S(=O)(=O)NC(C)C(C)C. The maximum atomic E-state index is 12.4. The quantitative estimate of drug-likeness (QED) is 0.809. The highest BCUT2D eigenvalue weighted by Gasteiger charge is 2.26. The summed E-state index contributed by atoms with van der Waals surface area (Å²) in [5.41, 5.74) is 6.63. The monoisotopic (exact) mass is 288 g/mol. The van der Waals surface area contributed by atoms with Gasteiger partial charge in [0.15, 0.2) is 0 Å². The zero-order valence-electron chi connectivity index (χ0n) is 12.3. The first-order valence-electron chi connectivity index (χ1n) is 6.47. The molecule has 7 heteroatoms. The zero-order valence-corrected chi connectivity index (χ0v) is 13.1. The number of nitrogens with two attached hydrogens (primary N) is 1. The zero-order chi connectivity index (χ0) is 14.8. The van der Waals surface area contributed by atoms with Crippen LogP contribution in [-0.2, 0) is 16.6 Å². The molecule has 1 aromatic heterocycles. The summed E-state index contributed by atoms with van der Waals surface area (Å²) in [5, 5.41) is 4.24. The Morgan fingerprint density at radius 3 is 2.37 bits per heavy atom. The molecule has 3 N–H and O–H groups in total. The van der Waals surface area contributed by atoms with E-state index in [1.54, 1.807) is 18.5 Å². The van der Waals surface area contributed by atoms with Crippen LogP contribution in [0.15, 0.2) is 4.90 Å². The second-order valence-corrected chi connectivity index (χ2v) is 6.82. The van der Waals surface area contributed by atoms with Gasteiger partial charge in [-0.25, -0.2) is 13.1 Å². The van der Waals surface area contributed by atoms with E-state index in [0.29, 0.717) is 24.5 Å². The molecule has 19 heavy (non-hydrogen) atoms. The molecule has 0 aliphatic carbocycles. The van der Waals surface area contributed by atoms with Crippen LogP contribution in [-0.4, -0.2) is 30.8 Å². The lowest BCUT2D eigenvalue weighted by Crippen LogP contribution is -2.36. The Kier molecular flexibility index (Phi) is 5.11. The van der Waals surface area contributed by atoms with Crippen molar-refractivity contribution in [1.29, 1.82) is 0 Å². The minimum Gasteiger partial charge on any atom is -0.329 e. The van der Waals surface area contributed by atoms with Gasteiger partial charge in [-0.15, -0.1) is 0 Å². The van der Waals surface area contributed by atoms with Crippen LogP contribution in [0.25, 0.3) is 0 Å². The molecule has 0 saturated heterocycles. The van der Waals surface area contributed by atoms with E-state index in [0.717, 1.165) is 0 Å². The van der Waals surface area contributed by atoms with Gasteiger partial charge in [0, 0.05) is 12.6 Å². The van der Waals surface area contributed by atoms with Crippen molar-refractivity contribution >= 4 is 10.0 Å². The molecule has 1 aromatic rings. The average Bonchev–Trinajstić information content (AvgIpc) is 2.54. The van der Waals surface area contributed by atoms with Crippen LogP contribution in [0.5, 0.6) is 0 Å². The van der Waals surface area contributed by atoms with E-state index >= 15 is 0 Å². The van der Waals surface area contributed by atoms with Crippen LogP contribution in [0.3, 0.4) is 0 Å². The molecule has 6 nitrogen and oxygen atoms in total. The molecule has 110 valence electrons. The van der Waals surface area contributed by atoms with Gasteiger partial charge in [0.25, 0.3) is 0 Å². The predicted molar refractivity (Wildman–Crippen MR) is 75.4 cm³/mol. The summed E-state index contributed by atoms with van der Waals surface area (Å²) < 4.78 is 29.2. The van der Waals surface area contributed by atoms with Crippen LogP contribution in [0.2, 0.25) is 0 Å². The first-order chi connectivity index (χ1) is 8.70. The molecule has 1 heterocycles. The molecular formula is C12H24N4O2S. The number of nitrogens with zero attached hydrogens (tertiary/aromatic N) is 2. The molecule has 1 atom stereocenters. The molecule has 0 amide bonds. The summed E-state index contributed by atoms with van der Waals surface area (Å²) in [7, 11) is -3.54. The summed E-state index contributed by atoms with van der Waals surface area (Å²) >= 11 is 0. The molecule has 0 aromatic carbocycles. The maximum absolute atomic E-state index is 12.4. The van der Waals surface area contributed by atoms with E-state index in [1.807, 2.05) is 20.8 Å². The fourth-order valence-electron chi connectivity index (χ4n) is 1.85. The molecule has 0 spiro atoms. The summed E-state index contributed by atoms with van der Waals surface area (Å²) in [6, 6.07) is -0.123. The second-order valence-electron chi connectivity index (χ2n) is 5.17. The predicted octanol–water partition coefficient (Wildman–Crippen LogP) is 0.781. The van der Waals surface area contributed by atoms with Crippen molar-refractivity contribution < 1.29 is 8.42 Å². The second kappa shape index (κ2) is 6.02. The van der Waals surface area contributed by atoms with Gasteiger partial charge in [0.1, 0.15) is 4.90 Å². The number of nitrogens with one attached hydrogen (secondary N) is 1. The van der Waals surface area contributed by atoms with Gasteiger partial charge in [-0.1, -0.05) is 13.8 Å². The highest BCUT2D eigenvalue weighted by Crippen LogP contribution is 2.20. The van der Waals surface area contributed by atoms with Crippen LogP contribution in [0.1, 0.15) is 32.2 Å². The molecule has 0 aliphatic heterocycles. The number of hydrogen-bond acceptors (Lipinski definition) is 4. The van der Waals surface area contributed by atoms with E-state index in [9.17, 15) is 8.42 Å². The molecule has 1 unspecified atom stereocenters. The largest absolute Gasteiger partial charge is 0.329 e. The number of aryl methyl sites for hydroxylation is 1. The van der Waals surface area contributed by atoms with Crippen molar-refractivity contribution in [2.24, 2.45) is 11.7 Å². The van der Waals surface area contributed by atoms with Crippen molar-refractivity contribution in [3.05, 3.63) is 11.4 Å². The Hall–Kier alpha value is -0.920. The molecular weight excluding hydrogens is 264 g/mol. The van der Waals surface area contributed by atoms with Gasteiger partial charge in [-0.2, -0.15) is 5.10 Å². The van der Waals surface area contributed by atoms with Crippen molar-refractivity contribution in [3.63, 3.8) is 0 Å². The van der Waals surface area contributed by atoms with Gasteiger partial charge in [-0.3, -0.25) is 4.68 Å². The average molecular weight is 288 g/mol. The van der Waals surface area contributed by atoms with E-state index in [4.69, 9.17) is 5.73 Å². The maximum Gasteiger partial charge on any atom is 0.244 e. The first-order valence-corrected chi connectivity index (χ1v) is 7.95. The molecule has 1 rings (SSSR count). The molecule has 0 bridgehead atoms. The van der Waals surface area contributed by atoms with Crippen molar-refractivity contribution in [3.8, 4) is 0 Å². The highest BCUT2D eigenvalue weighted by molar-refractivity contribution is 7.89. The Bertz CT molecular complexity index is 534. The lowest BCUT2D eigenvalue weighted by Gasteiger charge is -2.17. The lowest BCUT2D eigenvalue weighted by atomic mass is 10.1. The van der Waals surface area contributed by atoms with Crippen LogP contribution in [0.4, 0.5) is 0 Å².